The maximum atomic E-state index is 13.1. The van der Waals surface area contributed by atoms with E-state index in [2.05, 4.69) is 10.6 Å². The van der Waals surface area contributed by atoms with Gasteiger partial charge in [0, 0.05) is 39.0 Å². The Morgan fingerprint density at radius 2 is 1.78 bits per heavy atom. The summed E-state index contributed by atoms with van der Waals surface area (Å²) in [4.78, 5) is 26.0. The first kappa shape index (κ1) is 26.0. The molecule has 0 aromatic heterocycles. The minimum absolute atomic E-state index is 0.0221. The summed E-state index contributed by atoms with van der Waals surface area (Å²) in [7, 11) is 0.946. The molecular weight excluding hydrogens is 436 g/mol. The predicted molar refractivity (Wildman–Crippen MR) is 121 cm³/mol. The second-order valence-electron chi connectivity index (χ2n) is 7.75. The topological polar surface area (TPSA) is 117 Å². The summed E-state index contributed by atoms with van der Waals surface area (Å²) in [6.07, 6.45) is 3.37. The number of nitrogens with one attached hydrogen (secondary N) is 2. The smallest absolute Gasteiger partial charge is 0.246 e. The molecule has 1 saturated heterocycles. The molecular formula is C21H34N4O6S. The highest BCUT2D eigenvalue weighted by molar-refractivity contribution is 7.89. The number of carbonyl (C=O) groups excluding carboxylic acids is 2. The van der Waals surface area contributed by atoms with Gasteiger partial charge in [0.2, 0.25) is 21.8 Å². The fraction of sp³-hybridized carbons (Fsp3) is 0.619. The molecule has 1 aliphatic rings. The number of anilines is 1. The second kappa shape index (κ2) is 12.7. The first-order chi connectivity index (χ1) is 15.3. The maximum absolute atomic E-state index is 13.1. The molecule has 0 atom stereocenters. The van der Waals surface area contributed by atoms with Crippen LogP contribution < -0.4 is 15.4 Å². The van der Waals surface area contributed by atoms with Crippen molar-refractivity contribution in [2.45, 2.75) is 30.6 Å². The van der Waals surface area contributed by atoms with E-state index in [9.17, 15) is 18.0 Å². The van der Waals surface area contributed by atoms with Crippen LogP contribution in [0.3, 0.4) is 0 Å². The second-order valence-corrected chi connectivity index (χ2v) is 9.65. The summed E-state index contributed by atoms with van der Waals surface area (Å²) >= 11 is 0. The van der Waals surface area contributed by atoms with E-state index in [0.29, 0.717) is 38.3 Å². The molecule has 2 amide bonds. The zero-order valence-corrected chi connectivity index (χ0v) is 19.9. The summed E-state index contributed by atoms with van der Waals surface area (Å²) in [6.45, 7) is 2.06. The quantitative estimate of drug-likeness (QED) is 0.436. The highest BCUT2D eigenvalue weighted by atomic mass is 32.2. The number of nitrogens with zero attached hydrogens (tertiary/aromatic N) is 2. The van der Waals surface area contributed by atoms with Crippen molar-refractivity contribution in [1.29, 1.82) is 0 Å². The van der Waals surface area contributed by atoms with Gasteiger partial charge in [-0.1, -0.05) is 6.42 Å². The minimum Gasteiger partial charge on any atom is -0.495 e. The van der Waals surface area contributed by atoms with E-state index in [1.165, 1.54) is 23.5 Å². The van der Waals surface area contributed by atoms with Crippen LogP contribution in [0.25, 0.3) is 0 Å². The normalized spacial score (nSPS) is 14.9. The van der Waals surface area contributed by atoms with Crippen molar-refractivity contribution in [2.24, 2.45) is 0 Å². The number of rotatable bonds is 12. The lowest BCUT2D eigenvalue weighted by Gasteiger charge is -2.26. The van der Waals surface area contributed by atoms with Crippen LogP contribution in [0, 0.1) is 0 Å². The number of ether oxygens (including phenoxy) is 2. The van der Waals surface area contributed by atoms with Gasteiger partial charge in [-0.3, -0.25) is 14.5 Å². The number of benzene rings is 1. The van der Waals surface area contributed by atoms with Crippen molar-refractivity contribution in [3.8, 4) is 5.75 Å². The van der Waals surface area contributed by atoms with Gasteiger partial charge < -0.3 is 20.1 Å². The lowest BCUT2D eigenvalue weighted by Crippen LogP contribution is -2.39. The molecule has 180 valence electrons. The van der Waals surface area contributed by atoms with Crippen molar-refractivity contribution in [3.63, 3.8) is 0 Å². The van der Waals surface area contributed by atoms with Crippen LogP contribution in [-0.2, 0) is 24.3 Å². The van der Waals surface area contributed by atoms with E-state index in [-0.39, 0.29) is 35.5 Å². The van der Waals surface area contributed by atoms with Crippen LogP contribution >= 0.6 is 0 Å². The van der Waals surface area contributed by atoms with E-state index < -0.39 is 10.0 Å². The summed E-state index contributed by atoms with van der Waals surface area (Å²) in [5.74, 6) is -0.308. The van der Waals surface area contributed by atoms with Crippen molar-refractivity contribution >= 4 is 27.5 Å². The van der Waals surface area contributed by atoms with Gasteiger partial charge in [0.05, 0.1) is 20.2 Å². The first-order valence-electron chi connectivity index (χ1n) is 10.7. The van der Waals surface area contributed by atoms with E-state index in [0.717, 1.165) is 19.3 Å². The average Bonchev–Trinajstić information content (AvgIpc) is 2.77. The third kappa shape index (κ3) is 7.73. The third-order valence-electron chi connectivity index (χ3n) is 5.05. The number of likely N-dealkylation sites (N-methyl/N-ethyl adjacent to an activating group) is 1. The summed E-state index contributed by atoms with van der Waals surface area (Å²) in [6, 6.07) is 4.54. The van der Waals surface area contributed by atoms with Crippen LogP contribution in [0.4, 0.5) is 5.69 Å². The molecule has 0 saturated carbocycles. The van der Waals surface area contributed by atoms with Crippen LogP contribution in [0.5, 0.6) is 5.75 Å². The molecule has 0 radical (unpaired) electrons. The average molecular weight is 471 g/mol. The summed E-state index contributed by atoms with van der Waals surface area (Å²) < 4.78 is 37.9. The Bertz CT molecular complexity index is 871. The van der Waals surface area contributed by atoms with Gasteiger partial charge in [0.15, 0.2) is 0 Å². The molecule has 1 aliphatic heterocycles. The van der Waals surface area contributed by atoms with E-state index in [1.807, 2.05) is 0 Å². The van der Waals surface area contributed by atoms with Gasteiger partial charge >= 0.3 is 0 Å². The van der Waals surface area contributed by atoms with Gasteiger partial charge in [-0.25, -0.2) is 8.42 Å². The Hall–Kier alpha value is -2.21. The molecule has 0 spiro atoms. The number of carbonyl (C=O) groups is 2. The lowest BCUT2D eigenvalue weighted by atomic mass is 10.2. The molecule has 1 aromatic carbocycles. The zero-order chi connectivity index (χ0) is 23.6. The van der Waals surface area contributed by atoms with Gasteiger partial charge in [0.1, 0.15) is 10.6 Å². The van der Waals surface area contributed by atoms with Crippen LogP contribution in [0.15, 0.2) is 23.1 Å². The molecule has 11 heteroatoms. The molecule has 0 unspecified atom stereocenters. The Kier molecular flexibility index (Phi) is 10.4. The standard InChI is InChI=1S/C21H34N4O6S/c1-24(15-20(26)22-10-7-13-30-2)16-21(27)23-17-8-9-18(31-3)19(14-17)32(28,29)25-11-5-4-6-12-25/h8-9,14H,4-7,10-13,15-16H2,1-3H3,(H,22,26)(H,23,27). The van der Waals surface area contributed by atoms with Crippen molar-refractivity contribution < 1.29 is 27.5 Å². The molecule has 0 aliphatic carbocycles. The molecule has 1 heterocycles. The number of methoxy groups -OCH3 is 2. The number of piperidine rings is 1. The molecule has 32 heavy (non-hydrogen) atoms. The monoisotopic (exact) mass is 470 g/mol. The molecule has 0 bridgehead atoms. The highest BCUT2D eigenvalue weighted by Crippen LogP contribution is 2.31. The van der Waals surface area contributed by atoms with Gasteiger partial charge in [-0.2, -0.15) is 4.31 Å². The largest absolute Gasteiger partial charge is 0.495 e. The Labute approximate surface area is 190 Å². The maximum Gasteiger partial charge on any atom is 0.246 e. The van der Waals surface area contributed by atoms with Crippen LogP contribution in [-0.4, -0.2) is 90.0 Å². The van der Waals surface area contributed by atoms with Crippen molar-refractivity contribution in [1.82, 2.24) is 14.5 Å². The number of hydrogen-bond acceptors (Lipinski definition) is 7. The molecule has 1 aromatic rings. The summed E-state index contributed by atoms with van der Waals surface area (Å²) in [5, 5.41) is 5.47. The van der Waals surface area contributed by atoms with E-state index in [4.69, 9.17) is 9.47 Å². The number of amides is 2. The minimum atomic E-state index is -3.73. The summed E-state index contributed by atoms with van der Waals surface area (Å²) in [5.41, 5.74) is 0.351. The van der Waals surface area contributed by atoms with Gasteiger partial charge in [0.25, 0.3) is 0 Å². The van der Waals surface area contributed by atoms with Crippen molar-refractivity contribution in [2.75, 3.05) is 65.9 Å². The number of hydrogen-bond donors (Lipinski definition) is 2. The predicted octanol–water partition coefficient (Wildman–Crippen LogP) is 0.893. The Morgan fingerprint density at radius 1 is 1.09 bits per heavy atom. The fourth-order valence-electron chi connectivity index (χ4n) is 3.45. The molecule has 2 rings (SSSR count). The van der Waals surface area contributed by atoms with E-state index in [1.54, 1.807) is 25.1 Å². The number of sulfonamides is 1. The Balaban J connectivity index is 1.98. The molecule has 10 nitrogen and oxygen atoms in total. The van der Waals surface area contributed by atoms with Crippen LogP contribution in [0.1, 0.15) is 25.7 Å². The zero-order valence-electron chi connectivity index (χ0n) is 19.1. The first-order valence-corrected chi connectivity index (χ1v) is 12.1. The SMILES string of the molecule is COCCCNC(=O)CN(C)CC(=O)Nc1ccc(OC)c(S(=O)(=O)N2CCCCC2)c1. The van der Waals surface area contributed by atoms with Gasteiger partial charge in [-0.05, 0) is 44.5 Å². The Morgan fingerprint density at radius 3 is 2.44 bits per heavy atom. The lowest BCUT2D eigenvalue weighted by molar-refractivity contribution is -0.123. The van der Waals surface area contributed by atoms with Crippen molar-refractivity contribution in [3.05, 3.63) is 18.2 Å². The third-order valence-corrected chi connectivity index (χ3v) is 6.97. The highest BCUT2D eigenvalue weighted by Gasteiger charge is 2.29. The van der Waals surface area contributed by atoms with E-state index >= 15 is 0 Å². The van der Waals surface area contributed by atoms with Gasteiger partial charge in [-0.15, -0.1) is 0 Å². The van der Waals surface area contributed by atoms with Crippen LogP contribution in [0.2, 0.25) is 0 Å². The molecule has 2 N–H and O–H groups in total. The molecule has 1 fully saturated rings. The fourth-order valence-corrected chi connectivity index (χ4v) is 5.15.